The molecule has 0 aromatic heterocycles. The topological polar surface area (TPSA) is 58.2 Å². The second-order valence-electron chi connectivity index (χ2n) is 4.60. The maximum atomic E-state index is 12.6. The average Bonchev–Trinajstić information content (AvgIpc) is 2.56. The minimum absolute atomic E-state index is 0.0147. The zero-order valence-corrected chi connectivity index (χ0v) is 15.2. The third kappa shape index (κ3) is 4.56. The molecule has 6 heteroatoms. The first-order valence-electron chi connectivity index (χ1n) is 6.76. The van der Waals surface area contributed by atoms with Gasteiger partial charge in [0.15, 0.2) is 0 Å². The van der Waals surface area contributed by atoms with Gasteiger partial charge in [0, 0.05) is 28.1 Å². The molecule has 2 aromatic rings. The summed E-state index contributed by atoms with van der Waals surface area (Å²) < 4.78 is 1.09. The van der Waals surface area contributed by atoms with Crippen LogP contribution in [0, 0.1) is 3.57 Å². The van der Waals surface area contributed by atoms with Crippen LogP contribution in [0.5, 0.6) is 0 Å². The fourth-order valence-electron chi connectivity index (χ4n) is 1.86. The molecule has 0 unspecified atom stereocenters. The van der Waals surface area contributed by atoms with Gasteiger partial charge in [-0.15, -0.1) is 0 Å². The van der Waals surface area contributed by atoms with Crippen LogP contribution in [0.4, 0.5) is 5.69 Å². The largest absolute Gasteiger partial charge is 0.361 e. The van der Waals surface area contributed by atoms with E-state index in [0.29, 0.717) is 5.02 Å². The van der Waals surface area contributed by atoms with Crippen LogP contribution in [0.25, 0.3) is 0 Å². The van der Waals surface area contributed by atoms with Gasteiger partial charge in [0.25, 0.3) is 5.91 Å². The van der Waals surface area contributed by atoms with E-state index in [1.54, 1.807) is 24.3 Å². The number of nitrogens with one attached hydrogen (secondary N) is 2. The van der Waals surface area contributed by atoms with Gasteiger partial charge in [0.2, 0.25) is 5.78 Å². The third-order valence-electron chi connectivity index (χ3n) is 3.06. The fourth-order valence-corrected chi connectivity index (χ4v) is 2.44. The van der Waals surface area contributed by atoms with Gasteiger partial charge in [-0.1, -0.05) is 23.7 Å². The molecule has 0 aliphatic rings. The maximum Gasteiger partial charge on any atom is 0.256 e. The molecule has 1 amide bonds. The average molecular weight is 441 g/mol. The van der Waals surface area contributed by atoms with E-state index in [9.17, 15) is 9.59 Å². The minimum Gasteiger partial charge on any atom is -0.361 e. The SMILES string of the molecule is CNC(=O)C(=CNc1ccc(I)cc1)C(=O)c1ccccc1Cl. The van der Waals surface area contributed by atoms with E-state index < -0.39 is 11.7 Å². The standard InChI is InChI=1S/C17H14ClIN2O2/c1-20-17(23)14(10-21-12-8-6-11(19)7-9-12)16(22)13-4-2-3-5-15(13)18/h2-10,21H,1H3,(H,20,23). The number of likely N-dealkylation sites (N-methyl/N-ethyl adjacent to an activating group) is 1. The van der Waals surface area contributed by atoms with Crippen LogP contribution in [0.3, 0.4) is 0 Å². The van der Waals surface area contributed by atoms with Crippen LogP contribution in [-0.4, -0.2) is 18.7 Å². The monoisotopic (exact) mass is 440 g/mol. The number of amides is 1. The lowest BCUT2D eigenvalue weighted by Crippen LogP contribution is -2.26. The van der Waals surface area contributed by atoms with Crippen molar-refractivity contribution in [3.05, 3.63) is 74.5 Å². The van der Waals surface area contributed by atoms with Crippen LogP contribution < -0.4 is 10.6 Å². The summed E-state index contributed by atoms with van der Waals surface area (Å²) in [6.07, 6.45) is 1.40. The number of hydrogen-bond acceptors (Lipinski definition) is 3. The molecule has 0 aliphatic heterocycles. The Kier molecular flexibility index (Phi) is 6.18. The van der Waals surface area contributed by atoms with Crippen molar-refractivity contribution in [3.8, 4) is 0 Å². The Hall–Kier alpha value is -1.86. The summed E-state index contributed by atoms with van der Waals surface area (Å²) in [5.41, 5.74) is 1.05. The van der Waals surface area contributed by atoms with Crippen LogP contribution in [0.1, 0.15) is 10.4 Å². The van der Waals surface area contributed by atoms with Gasteiger partial charge in [-0.25, -0.2) is 0 Å². The highest BCUT2D eigenvalue weighted by molar-refractivity contribution is 14.1. The van der Waals surface area contributed by atoms with Crippen LogP contribution >= 0.6 is 34.2 Å². The number of carbonyl (C=O) groups excluding carboxylic acids is 2. The Morgan fingerprint density at radius 1 is 1.09 bits per heavy atom. The summed E-state index contributed by atoms with van der Waals surface area (Å²) >= 11 is 8.25. The van der Waals surface area contributed by atoms with Crippen molar-refractivity contribution in [3.63, 3.8) is 0 Å². The second kappa shape index (κ2) is 8.12. The van der Waals surface area contributed by atoms with Crippen LogP contribution in [-0.2, 0) is 4.79 Å². The van der Waals surface area contributed by atoms with Crippen LogP contribution in [0.2, 0.25) is 5.02 Å². The first-order valence-corrected chi connectivity index (χ1v) is 8.22. The van der Waals surface area contributed by atoms with Gasteiger partial charge in [-0.05, 0) is 59.0 Å². The van der Waals surface area contributed by atoms with E-state index in [2.05, 4.69) is 33.2 Å². The lowest BCUT2D eigenvalue weighted by atomic mass is 10.0. The molecule has 0 heterocycles. The van der Waals surface area contributed by atoms with E-state index in [-0.39, 0.29) is 11.1 Å². The van der Waals surface area contributed by atoms with Crippen molar-refractivity contribution in [2.45, 2.75) is 0 Å². The number of ketones is 1. The van der Waals surface area contributed by atoms with Crippen molar-refractivity contribution in [2.24, 2.45) is 0 Å². The Morgan fingerprint density at radius 3 is 2.35 bits per heavy atom. The second-order valence-corrected chi connectivity index (χ2v) is 6.25. The Bertz CT molecular complexity index is 757. The Balaban J connectivity index is 2.31. The van der Waals surface area contributed by atoms with Crippen molar-refractivity contribution >= 4 is 51.6 Å². The number of rotatable bonds is 5. The smallest absolute Gasteiger partial charge is 0.256 e. The molecule has 0 aliphatic carbocycles. The summed E-state index contributed by atoms with van der Waals surface area (Å²) in [5, 5.41) is 5.74. The third-order valence-corrected chi connectivity index (χ3v) is 4.11. The van der Waals surface area contributed by atoms with Crippen LogP contribution in [0.15, 0.2) is 60.3 Å². The molecular weight excluding hydrogens is 427 g/mol. The molecule has 0 saturated carbocycles. The molecule has 0 atom stereocenters. The van der Waals surface area contributed by atoms with Gasteiger partial charge >= 0.3 is 0 Å². The molecule has 0 spiro atoms. The molecule has 23 heavy (non-hydrogen) atoms. The molecule has 0 saturated heterocycles. The van der Waals surface area contributed by atoms with Gasteiger partial charge in [-0.2, -0.15) is 0 Å². The molecule has 0 bridgehead atoms. The zero-order chi connectivity index (χ0) is 16.8. The first-order chi connectivity index (χ1) is 11.0. The quantitative estimate of drug-likeness (QED) is 0.244. The number of benzene rings is 2. The molecule has 118 valence electrons. The summed E-state index contributed by atoms with van der Waals surface area (Å²) in [6.45, 7) is 0. The number of Topliss-reactive ketones (excluding diaryl/α,β-unsaturated/α-hetero) is 1. The van der Waals surface area contributed by atoms with Gasteiger partial charge in [-0.3, -0.25) is 9.59 Å². The lowest BCUT2D eigenvalue weighted by molar-refractivity contribution is -0.116. The summed E-state index contributed by atoms with van der Waals surface area (Å²) in [6, 6.07) is 14.2. The van der Waals surface area contributed by atoms with Crippen molar-refractivity contribution < 1.29 is 9.59 Å². The minimum atomic E-state index is -0.479. The summed E-state index contributed by atoms with van der Waals surface area (Å²) in [4.78, 5) is 24.6. The number of carbonyl (C=O) groups is 2. The molecule has 2 N–H and O–H groups in total. The highest BCUT2D eigenvalue weighted by Gasteiger charge is 2.20. The van der Waals surface area contributed by atoms with E-state index >= 15 is 0 Å². The van der Waals surface area contributed by atoms with Crippen molar-refractivity contribution in [1.82, 2.24) is 5.32 Å². The van der Waals surface area contributed by atoms with E-state index in [0.717, 1.165) is 9.26 Å². The highest BCUT2D eigenvalue weighted by atomic mass is 127. The lowest BCUT2D eigenvalue weighted by Gasteiger charge is -2.08. The predicted octanol–water partition coefficient (Wildman–Crippen LogP) is 3.87. The first kappa shape index (κ1) is 17.5. The molecule has 4 nitrogen and oxygen atoms in total. The van der Waals surface area contributed by atoms with Gasteiger partial charge < -0.3 is 10.6 Å². The predicted molar refractivity (Wildman–Crippen MR) is 101 cm³/mol. The summed E-state index contributed by atoms with van der Waals surface area (Å²) in [5.74, 6) is -0.916. The molecule has 2 aromatic carbocycles. The zero-order valence-electron chi connectivity index (χ0n) is 12.3. The normalized spacial score (nSPS) is 11.0. The number of halogens is 2. The maximum absolute atomic E-state index is 12.6. The fraction of sp³-hybridized carbons (Fsp3) is 0.0588. The molecular formula is C17H14ClIN2O2. The summed E-state index contributed by atoms with van der Waals surface area (Å²) in [7, 11) is 1.47. The highest BCUT2D eigenvalue weighted by Crippen LogP contribution is 2.19. The van der Waals surface area contributed by atoms with E-state index in [1.807, 2.05) is 24.3 Å². The number of hydrogen-bond donors (Lipinski definition) is 2. The van der Waals surface area contributed by atoms with E-state index in [1.165, 1.54) is 13.2 Å². The molecule has 2 rings (SSSR count). The Labute approximate surface area is 153 Å². The van der Waals surface area contributed by atoms with Crippen molar-refractivity contribution in [2.75, 3.05) is 12.4 Å². The molecule has 0 fully saturated rings. The Morgan fingerprint density at radius 2 is 1.74 bits per heavy atom. The number of anilines is 1. The van der Waals surface area contributed by atoms with Gasteiger partial charge in [0.1, 0.15) is 5.57 Å². The van der Waals surface area contributed by atoms with Gasteiger partial charge in [0.05, 0.1) is 5.02 Å². The molecule has 0 radical (unpaired) electrons. The van der Waals surface area contributed by atoms with E-state index in [4.69, 9.17) is 11.6 Å². The van der Waals surface area contributed by atoms with Crippen molar-refractivity contribution in [1.29, 1.82) is 0 Å².